The largest absolute Gasteiger partial charge is 0.381 e. The van der Waals surface area contributed by atoms with Crippen LogP contribution in [0.3, 0.4) is 0 Å². The summed E-state index contributed by atoms with van der Waals surface area (Å²) in [5.74, 6) is 0. The van der Waals surface area contributed by atoms with Gasteiger partial charge < -0.3 is 9.30 Å². The lowest BCUT2D eigenvalue weighted by molar-refractivity contribution is 0.127. The molecule has 1 heterocycles. The van der Waals surface area contributed by atoms with Crippen molar-refractivity contribution < 1.29 is 4.74 Å². The molecule has 0 amide bonds. The van der Waals surface area contributed by atoms with Crippen LogP contribution in [0.1, 0.15) is 110 Å². The minimum atomic E-state index is 0.960. The lowest BCUT2D eigenvalue weighted by atomic mass is 10.0. The summed E-state index contributed by atoms with van der Waals surface area (Å²) in [5.41, 5.74) is 0. The molecule has 3 heteroatoms. The van der Waals surface area contributed by atoms with Gasteiger partial charge in [-0.2, -0.15) is 0 Å². The molecule has 1 aromatic rings. The van der Waals surface area contributed by atoms with Crippen LogP contribution in [-0.4, -0.2) is 22.8 Å². The lowest BCUT2D eigenvalue weighted by Gasteiger charge is -2.05. The summed E-state index contributed by atoms with van der Waals surface area (Å²) >= 11 is 0. The molecule has 0 aliphatic carbocycles. The third kappa shape index (κ3) is 15.4. The molecular weight excluding hydrogens is 320 g/mol. The Kier molecular flexibility index (Phi) is 16.9. The van der Waals surface area contributed by atoms with Gasteiger partial charge in [0.1, 0.15) is 0 Å². The van der Waals surface area contributed by atoms with E-state index in [2.05, 4.69) is 22.7 Å². The van der Waals surface area contributed by atoms with E-state index in [1.165, 1.54) is 103 Å². The van der Waals surface area contributed by atoms with Crippen LogP contribution in [0.2, 0.25) is 0 Å². The second-order valence-electron chi connectivity index (χ2n) is 7.72. The molecule has 0 radical (unpaired) electrons. The molecule has 0 aliphatic rings. The Morgan fingerprint density at radius 3 is 1.65 bits per heavy atom. The minimum absolute atomic E-state index is 0.960. The number of aromatic nitrogens is 2. The maximum absolute atomic E-state index is 5.60. The van der Waals surface area contributed by atoms with Gasteiger partial charge in [-0.25, -0.2) is 4.98 Å². The van der Waals surface area contributed by atoms with Crippen LogP contribution in [0, 0.1) is 0 Å². The van der Waals surface area contributed by atoms with E-state index in [0.29, 0.717) is 0 Å². The number of ether oxygens (including phenoxy) is 1. The van der Waals surface area contributed by atoms with Crippen LogP contribution in [0.5, 0.6) is 0 Å². The molecule has 0 bridgehead atoms. The summed E-state index contributed by atoms with van der Waals surface area (Å²) in [6.45, 7) is 5.28. The molecule has 1 aromatic heterocycles. The Morgan fingerprint density at radius 1 is 0.654 bits per heavy atom. The Hall–Kier alpha value is -0.830. The predicted molar refractivity (Wildman–Crippen MR) is 113 cm³/mol. The summed E-state index contributed by atoms with van der Waals surface area (Å²) in [5, 5.41) is 0. The summed E-state index contributed by atoms with van der Waals surface area (Å²) in [7, 11) is 0. The van der Waals surface area contributed by atoms with Crippen molar-refractivity contribution in [3.05, 3.63) is 18.7 Å². The van der Waals surface area contributed by atoms with Crippen molar-refractivity contribution in [1.82, 2.24) is 9.55 Å². The van der Waals surface area contributed by atoms with Crippen molar-refractivity contribution in [2.75, 3.05) is 13.2 Å². The molecule has 0 unspecified atom stereocenters. The zero-order valence-electron chi connectivity index (χ0n) is 17.5. The van der Waals surface area contributed by atoms with E-state index in [0.717, 1.165) is 19.8 Å². The zero-order chi connectivity index (χ0) is 18.5. The van der Waals surface area contributed by atoms with E-state index in [-0.39, 0.29) is 0 Å². The Balaban J connectivity index is 1.65. The maximum Gasteiger partial charge on any atom is 0.0945 e. The fourth-order valence-electron chi connectivity index (χ4n) is 3.39. The molecule has 0 saturated carbocycles. The van der Waals surface area contributed by atoms with Gasteiger partial charge in [-0.05, 0) is 19.3 Å². The van der Waals surface area contributed by atoms with Crippen molar-refractivity contribution >= 4 is 0 Å². The summed E-state index contributed by atoms with van der Waals surface area (Å²) in [6.07, 6.45) is 27.9. The maximum atomic E-state index is 5.60. The number of imidazole rings is 1. The fourth-order valence-corrected chi connectivity index (χ4v) is 3.39. The van der Waals surface area contributed by atoms with E-state index >= 15 is 0 Å². The quantitative estimate of drug-likeness (QED) is 0.229. The summed E-state index contributed by atoms with van der Waals surface area (Å²) in [4.78, 5) is 4.08. The Morgan fingerprint density at radius 2 is 1.15 bits per heavy atom. The summed E-state index contributed by atoms with van der Waals surface area (Å²) < 4.78 is 7.78. The fraction of sp³-hybridized carbons (Fsp3) is 0.870. The molecule has 0 N–H and O–H groups in total. The number of aryl methyl sites for hydroxylation is 1. The van der Waals surface area contributed by atoms with E-state index in [4.69, 9.17) is 4.74 Å². The molecule has 0 fully saturated rings. The zero-order valence-corrected chi connectivity index (χ0v) is 17.5. The molecule has 0 aliphatic heterocycles. The molecule has 0 atom stereocenters. The first kappa shape index (κ1) is 23.2. The summed E-state index contributed by atoms with van der Waals surface area (Å²) in [6, 6.07) is 0. The third-order valence-corrected chi connectivity index (χ3v) is 5.16. The first-order valence-electron chi connectivity index (χ1n) is 11.5. The monoisotopic (exact) mass is 364 g/mol. The number of rotatable bonds is 20. The van der Waals surface area contributed by atoms with Crippen LogP contribution in [0.25, 0.3) is 0 Å². The van der Waals surface area contributed by atoms with Crippen molar-refractivity contribution in [2.45, 2.75) is 116 Å². The van der Waals surface area contributed by atoms with Gasteiger partial charge in [0.25, 0.3) is 0 Å². The predicted octanol–water partition coefficient (Wildman–Crippen LogP) is 7.16. The Labute approximate surface area is 162 Å². The van der Waals surface area contributed by atoms with Crippen LogP contribution < -0.4 is 0 Å². The van der Waals surface area contributed by atoms with Gasteiger partial charge in [0.05, 0.1) is 6.33 Å². The molecule has 1 rings (SSSR count). The van der Waals surface area contributed by atoms with Gasteiger partial charge >= 0.3 is 0 Å². The third-order valence-electron chi connectivity index (χ3n) is 5.16. The standard InChI is InChI=1S/C23H44N2O/c1-2-3-21-26-22-17-15-13-11-9-7-5-4-6-8-10-12-14-16-19-25-20-18-24-23-25/h18,20,23H,2-17,19,21-22H2,1H3. The number of hydrogen-bond acceptors (Lipinski definition) is 2. The van der Waals surface area contributed by atoms with Crippen molar-refractivity contribution in [3.63, 3.8) is 0 Å². The molecule has 0 saturated heterocycles. The van der Waals surface area contributed by atoms with Gasteiger partial charge in [0.15, 0.2) is 0 Å². The highest BCUT2D eigenvalue weighted by Gasteiger charge is 1.95. The molecule has 152 valence electrons. The first-order chi connectivity index (χ1) is 12.9. The second kappa shape index (κ2) is 18.9. The highest BCUT2D eigenvalue weighted by atomic mass is 16.5. The van der Waals surface area contributed by atoms with Crippen LogP contribution >= 0.6 is 0 Å². The van der Waals surface area contributed by atoms with Crippen molar-refractivity contribution in [2.24, 2.45) is 0 Å². The SMILES string of the molecule is CCCCOCCCCCCCCCCCCCCCCn1ccnc1. The van der Waals surface area contributed by atoms with Gasteiger partial charge in [-0.3, -0.25) is 0 Å². The lowest BCUT2D eigenvalue weighted by Crippen LogP contribution is -1.96. The topological polar surface area (TPSA) is 27.1 Å². The normalized spacial score (nSPS) is 11.3. The van der Waals surface area contributed by atoms with Crippen molar-refractivity contribution in [1.29, 1.82) is 0 Å². The molecule has 0 aromatic carbocycles. The smallest absolute Gasteiger partial charge is 0.0945 e. The van der Waals surface area contributed by atoms with Crippen molar-refractivity contribution in [3.8, 4) is 0 Å². The number of hydrogen-bond donors (Lipinski definition) is 0. The average Bonchev–Trinajstić information content (AvgIpc) is 3.17. The van der Waals surface area contributed by atoms with E-state index in [1.807, 2.05) is 12.5 Å². The highest BCUT2D eigenvalue weighted by molar-refractivity contribution is 4.73. The first-order valence-corrected chi connectivity index (χ1v) is 11.5. The molecular formula is C23H44N2O. The number of unbranched alkanes of at least 4 members (excludes halogenated alkanes) is 14. The minimum Gasteiger partial charge on any atom is -0.381 e. The van der Waals surface area contributed by atoms with E-state index in [9.17, 15) is 0 Å². The van der Waals surface area contributed by atoms with Crippen LogP contribution in [0.4, 0.5) is 0 Å². The van der Waals surface area contributed by atoms with Gasteiger partial charge in [0, 0.05) is 32.2 Å². The molecule has 26 heavy (non-hydrogen) atoms. The highest BCUT2D eigenvalue weighted by Crippen LogP contribution is 2.13. The van der Waals surface area contributed by atoms with Gasteiger partial charge in [-0.15, -0.1) is 0 Å². The number of nitrogens with zero attached hydrogens (tertiary/aromatic N) is 2. The van der Waals surface area contributed by atoms with Crippen LogP contribution in [0.15, 0.2) is 18.7 Å². The molecule has 3 nitrogen and oxygen atoms in total. The molecule has 0 spiro atoms. The van der Waals surface area contributed by atoms with Gasteiger partial charge in [-0.1, -0.05) is 90.4 Å². The van der Waals surface area contributed by atoms with E-state index in [1.54, 1.807) is 0 Å². The van der Waals surface area contributed by atoms with Gasteiger partial charge in [0.2, 0.25) is 0 Å². The van der Waals surface area contributed by atoms with Crippen LogP contribution in [-0.2, 0) is 11.3 Å². The average molecular weight is 365 g/mol. The Bertz CT molecular complexity index is 364. The van der Waals surface area contributed by atoms with E-state index < -0.39 is 0 Å². The second-order valence-corrected chi connectivity index (χ2v) is 7.72.